The molecule has 7 heteroatoms. The Kier molecular flexibility index (Phi) is 9.76. The van der Waals surface area contributed by atoms with E-state index in [1.165, 1.54) is 11.1 Å². The summed E-state index contributed by atoms with van der Waals surface area (Å²) >= 11 is 0. The van der Waals surface area contributed by atoms with E-state index in [2.05, 4.69) is 24.8 Å². The maximum atomic E-state index is 10.9. The smallest absolute Gasteiger partial charge is 0.406 e. The number of hydrogen-bond donors (Lipinski definition) is 5. The van der Waals surface area contributed by atoms with Crippen molar-refractivity contribution < 1.29 is 24.9 Å². The van der Waals surface area contributed by atoms with Crippen LogP contribution in [0, 0.1) is 41.9 Å². The number of aromatic hydroxyl groups is 1. The predicted octanol–water partition coefficient (Wildman–Crippen LogP) is 3.97. The van der Waals surface area contributed by atoms with E-state index in [1.807, 2.05) is 12.1 Å². The third-order valence-corrected chi connectivity index (χ3v) is 9.45. The molecule has 0 aromatic heterocycles. The number of carbonyl (C=O) groups excluding carboxylic acids is 1. The van der Waals surface area contributed by atoms with Gasteiger partial charge in [-0.1, -0.05) is 31.3 Å². The molecule has 0 radical (unpaired) electrons. The molecule has 7 nitrogen and oxygen atoms in total. The summed E-state index contributed by atoms with van der Waals surface area (Å²) < 4.78 is 4.93. The van der Waals surface area contributed by atoms with Crippen molar-refractivity contribution in [3.05, 3.63) is 29.3 Å². The lowest BCUT2D eigenvalue weighted by Crippen LogP contribution is -2.50. The number of carbonyl (C=O) groups is 1. The van der Waals surface area contributed by atoms with Crippen molar-refractivity contribution in [2.24, 2.45) is 28.7 Å². The van der Waals surface area contributed by atoms with E-state index in [9.17, 15) is 15.0 Å². The molecule has 0 saturated heterocycles. The molecule has 0 unspecified atom stereocenters. The molecule has 4 aliphatic carbocycles. The van der Waals surface area contributed by atoms with E-state index >= 15 is 0 Å². The number of benzene rings is 1. The van der Waals surface area contributed by atoms with Crippen molar-refractivity contribution in [3.8, 4) is 30.4 Å². The third-order valence-electron chi connectivity index (χ3n) is 9.45. The van der Waals surface area contributed by atoms with Gasteiger partial charge in [0.2, 0.25) is 0 Å². The number of phenolic OH excluding ortho intramolecular Hbond substituents is 1. The summed E-state index contributed by atoms with van der Waals surface area (Å²) in [4.78, 5) is 10.5. The van der Waals surface area contributed by atoms with E-state index in [1.54, 1.807) is 0 Å². The summed E-state index contributed by atoms with van der Waals surface area (Å²) in [6, 6.07) is 5.87. The van der Waals surface area contributed by atoms with Crippen LogP contribution in [0.4, 0.5) is 4.79 Å². The van der Waals surface area contributed by atoms with Crippen LogP contribution in [0.25, 0.3) is 0 Å². The normalized spacial score (nSPS) is 32.2. The number of aliphatic hydroxyl groups is 2. The summed E-state index contributed by atoms with van der Waals surface area (Å²) in [5.41, 5.74) is 10.7. The number of ether oxygens (including phenoxy) is 1. The third kappa shape index (κ3) is 5.96. The minimum absolute atomic E-state index is 0.0972. The molecule has 1 amide bonds. The maximum Gasteiger partial charge on any atom is 0.406 e. The summed E-state index contributed by atoms with van der Waals surface area (Å²) in [5, 5.41) is 28.4. The summed E-state index contributed by atoms with van der Waals surface area (Å²) in [6.45, 7) is 2.69. The quantitative estimate of drug-likeness (QED) is 0.371. The van der Waals surface area contributed by atoms with Crippen LogP contribution in [0.1, 0.15) is 88.2 Å². The Bertz CT molecular complexity index is 1050. The molecule has 0 bridgehead atoms. The van der Waals surface area contributed by atoms with Crippen LogP contribution >= 0.6 is 0 Å². The zero-order valence-corrected chi connectivity index (χ0v) is 22.6. The molecule has 1 aromatic carbocycles. The van der Waals surface area contributed by atoms with E-state index in [0.717, 1.165) is 70.6 Å². The van der Waals surface area contributed by atoms with Crippen LogP contribution in [0.15, 0.2) is 18.2 Å². The molecular weight excluding hydrogens is 480 g/mol. The van der Waals surface area contributed by atoms with Gasteiger partial charge in [0.05, 0.1) is 6.61 Å². The summed E-state index contributed by atoms with van der Waals surface area (Å²) in [6.07, 6.45) is 21.0. The van der Waals surface area contributed by atoms with Gasteiger partial charge in [0.25, 0.3) is 0 Å². The van der Waals surface area contributed by atoms with Gasteiger partial charge in [0.1, 0.15) is 11.4 Å². The van der Waals surface area contributed by atoms with Crippen LogP contribution < -0.4 is 11.5 Å². The SMILES string of the molecule is C#CC1(OC(N)=O)CCCCC1.C#C[C@]1(O)CC[C@H]2[C@@H]3CCc4cc(O)ccc4[C@H]3CC[C@@]21C.NCCO. The average Bonchev–Trinajstić information content (AvgIpc) is 3.20. The zero-order valence-electron chi connectivity index (χ0n) is 22.6. The van der Waals surface area contributed by atoms with Crippen molar-refractivity contribution >= 4 is 6.09 Å². The molecule has 1 aromatic rings. The number of nitrogens with two attached hydrogens (primary N) is 2. The van der Waals surface area contributed by atoms with Crippen molar-refractivity contribution in [1.29, 1.82) is 0 Å². The van der Waals surface area contributed by atoms with Crippen LogP contribution in [0.5, 0.6) is 5.75 Å². The van der Waals surface area contributed by atoms with Gasteiger partial charge < -0.3 is 31.5 Å². The van der Waals surface area contributed by atoms with Gasteiger partial charge in [0.15, 0.2) is 5.60 Å². The van der Waals surface area contributed by atoms with Crippen LogP contribution in [-0.2, 0) is 11.2 Å². The number of rotatable bonds is 2. The number of amides is 1. The van der Waals surface area contributed by atoms with E-state index in [-0.39, 0.29) is 12.0 Å². The second-order valence-corrected chi connectivity index (χ2v) is 11.4. The minimum Gasteiger partial charge on any atom is -0.508 e. The number of phenols is 1. The van der Waals surface area contributed by atoms with E-state index in [0.29, 0.717) is 30.0 Å². The number of hydrogen-bond acceptors (Lipinski definition) is 6. The first kappa shape index (κ1) is 29.8. The van der Waals surface area contributed by atoms with Gasteiger partial charge in [-0.05, 0) is 105 Å². The predicted molar refractivity (Wildman–Crippen MR) is 148 cm³/mol. The highest BCUT2D eigenvalue weighted by atomic mass is 16.6. The molecule has 208 valence electrons. The fourth-order valence-corrected chi connectivity index (χ4v) is 7.41. The topological polar surface area (TPSA) is 139 Å². The first-order chi connectivity index (χ1) is 18.1. The molecular formula is C31H44N2O5. The Labute approximate surface area is 227 Å². The van der Waals surface area contributed by atoms with Gasteiger partial charge in [-0.2, -0.15) is 0 Å². The fourth-order valence-electron chi connectivity index (χ4n) is 7.41. The highest BCUT2D eigenvalue weighted by Gasteiger charge is 2.61. The van der Waals surface area contributed by atoms with Crippen molar-refractivity contribution in [1.82, 2.24) is 0 Å². The van der Waals surface area contributed by atoms with Gasteiger partial charge in [-0.25, -0.2) is 4.79 Å². The van der Waals surface area contributed by atoms with Gasteiger partial charge >= 0.3 is 6.09 Å². The molecule has 3 saturated carbocycles. The van der Waals surface area contributed by atoms with Crippen LogP contribution in [0.3, 0.4) is 0 Å². The van der Waals surface area contributed by atoms with Gasteiger partial charge in [-0.15, -0.1) is 12.8 Å². The summed E-state index contributed by atoms with van der Waals surface area (Å²) in [7, 11) is 0. The van der Waals surface area contributed by atoms with E-state index < -0.39 is 17.3 Å². The lowest BCUT2D eigenvalue weighted by Gasteiger charge is -2.52. The highest BCUT2D eigenvalue weighted by molar-refractivity contribution is 5.65. The number of aliphatic hydroxyl groups excluding tert-OH is 1. The first-order valence-electron chi connectivity index (χ1n) is 13.9. The van der Waals surface area contributed by atoms with Crippen molar-refractivity contribution in [2.75, 3.05) is 13.2 Å². The fraction of sp³-hybridized carbons (Fsp3) is 0.645. The minimum atomic E-state index is -0.919. The molecule has 0 spiro atoms. The highest BCUT2D eigenvalue weighted by Crippen LogP contribution is 2.64. The Balaban J connectivity index is 0.000000211. The molecule has 5 rings (SSSR count). The zero-order chi connectivity index (χ0) is 28.0. The second kappa shape index (κ2) is 12.4. The number of terminal acetylenes is 2. The monoisotopic (exact) mass is 524 g/mol. The van der Waals surface area contributed by atoms with Crippen molar-refractivity contribution in [3.63, 3.8) is 0 Å². The second-order valence-electron chi connectivity index (χ2n) is 11.4. The Morgan fingerprint density at radius 3 is 2.37 bits per heavy atom. The molecule has 38 heavy (non-hydrogen) atoms. The molecule has 0 aliphatic heterocycles. The maximum absolute atomic E-state index is 10.9. The lowest BCUT2D eigenvalue weighted by molar-refractivity contribution is -0.0646. The van der Waals surface area contributed by atoms with Gasteiger partial charge in [0, 0.05) is 12.0 Å². The van der Waals surface area contributed by atoms with E-state index in [4.69, 9.17) is 34.2 Å². The van der Waals surface area contributed by atoms with Crippen molar-refractivity contribution in [2.45, 2.75) is 94.7 Å². The summed E-state index contributed by atoms with van der Waals surface area (Å²) in [5.74, 6) is 7.34. The standard InChI is InChI=1S/C20H24O2.C9H13NO2.C2H7NO/c1-3-20(22)11-9-18-17-6-4-13-12-14(21)5-7-15(13)16(17)8-10-19(18,20)2;1-2-9(12-8(10)11)6-4-3-5-7-9;3-1-2-4/h1,5,7,12,16-18,21-22H,4,6,8-11H2,2H3;1H,3-7H2,(H2,10,11);4H,1-3H2/t16-,17-,18+,19+,20+;;/m1../s1. The van der Waals surface area contributed by atoms with Crippen LogP contribution in [0.2, 0.25) is 0 Å². The lowest BCUT2D eigenvalue weighted by atomic mass is 9.53. The van der Waals surface area contributed by atoms with Crippen LogP contribution in [-0.4, -0.2) is 45.8 Å². The largest absolute Gasteiger partial charge is 0.508 e. The molecule has 7 N–H and O–H groups in total. The van der Waals surface area contributed by atoms with Gasteiger partial charge in [-0.3, -0.25) is 0 Å². The molecule has 3 fully saturated rings. The Morgan fingerprint density at radius 1 is 1.11 bits per heavy atom. The number of aryl methyl sites for hydroxylation is 1. The molecule has 5 atom stereocenters. The Hall–Kier alpha value is -2.71. The number of fused-ring (bicyclic) bond motifs is 5. The first-order valence-corrected chi connectivity index (χ1v) is 13.9. The molecule has 0 heterocycles. The Morgan fingerprint density at radius 2 is 1.79 bits per heavy atom. The average molecular weight is 525 g/mol. The number of primary amides is 1. The molecule has 4 aliphatic rings.